The van der Waals surface area contributed by atoms with Gasteiger partial charge >= 0.3 is 5.97 Å². The molecule has 7 rings (SSSR count). The van der Waals surface area contributed by atoms with Gasteiger partial charge in [0.1, 0.15) is 165 Å². The molecule has 7 heterocycles. The van der Waals surface area contributed by atoms with Crippen molar-refractivity contribution in [2.45, 2.75) is 479 Å². The zero-order valence-electron chi connectivity index (χ0n) is 80.3. The Morgan fingerprint density at radius 3 is 1.15 bits per heavy atom. The molecule has 7 aliphatic rings. The van der Waals surface area contributed by atoms with Crippen molar-refractivity contribution in [3.05, 3.63) is 24.3 Å². The van der Waals surface area contributed by atoms with E-state index in [1.165, 1.54) is 122 Å². The molecule has 0 spiro atoms. The quantitative estimate of drug-likeness (QED) is 0.0211. The summed E-state index contributed by atoms with van der Waals surface area (Å²) in [6.45, 7) is -1.44. The molecule has 7 aliphatic heterocycles. The lowest BCUT2D eigenvalue weighted by molar-refractivity contribution is -0.403. The summed E-state index contributed by atoms with van der Waals surface area (Å²) in [4.78, 5) is 67.0. The Bertz CT molecular complexity index is 3460. The summed E-state index contributed by atoms with van der Waals surface area (Å²) in [5, 5.41) is 259. The van der Waals surface area contributed by atoms with Crippen molar-refractivity contribution in [1.82, 2.24) is 21.3 Å². The third-order valence-corrected chi connectivity index (χ3v) is 26.4. The Balaban J connectivity index is 1.07. The smallest absolute Gasteiger partial charge is 0.364 e. The number of allylic oxidation sites excluding steroid dienone is 3. The number of hydrogen-bond donors (Lipinski definition) is 26. The van der Waals surface area contributed by atoms with E-state index >= 15 is 0 Å². The van der Waals surface area contributed by atoms with E-state index in [0.29, 0.717) is 12.8 Å². The Labute approximate surface area is 806 Å². The van der Waals surface area contributed by atoms with E-state index in [1.807, 2.05) is 6.08 Å². The molecular weight excluding hydrogens is 1830 g/mol. The number of aliphatic hydroxyl groups excluding tert-OH is 21. The highest BCUT2D eigenvalue weighted by molar-refractivity contribution is 5.77. The number of carboxylic acid groups (broad SMARTS) is 1. The molecule has 7 fully saturated rings. The summed E-state index contributed by atoms with van der Waals surface area (Å²) in [5.41, 5.74) is 0. The van der Waals surface area contributed by atoms with Gasteiger partial charge in [0, 0.05) is 33.6 Å². The SMILES string of the molecule is CCCCCCCC/C=C\CCCCCCCCCCCCCC(=O)N[C@@H](CO[C@@H]1OC(CO)[C@@H](O[C@@H]2OC(CO)[C@H](O[C@@H]3OC(CO)[C@H](O)[C@H](O[C@@H]4OC(CO)[C@H](O[C@@H]5OC(CO)[C@H](O)[C@H](O[C@@H]6OC(CO)[C@H](O)[C@H](O)C6O)C5NC(C)=O)[C@H](O[C@]5(C(=O)O)CC(O)[C@@H](NC(C)=O)C([C@H](O)[C@H](O)CO)O5)C4O)C3NC(C)=O)[C@H](O)C2O)[C@H](O)C1O)[C@H](O)/C=C/CCCCCCCCCCCCC. The van der Waals surface area contributed by atoms with Gasteiger partial charge < -0.3 is 200 Å². The van der Waals surface area contributed by atoms with E-state index < -0.39 is 315 Å². The van der Waals surface area contributed by atoms with Crippen molar-refractivity contribution >= 4 is 29.6 Å². The number of amides is 4. The van der Waals surface area contributed by atoms with E-state index in [-0.39, 0.29) is 12.3 Å². The molecule has 26 N–H and O–H groups in total. The molecule has 0 aliphatic carbocycles. The fraction of sp³-hybridized carbons (Fsp3) is 0.903. The molecule has 0 bridgehead atoms. The predicted molar refractivity (Wildman–Crippen MR) is 483 cm³/mol. The summed E-state index contributed by atoms with van der Waals surface area (Å²) < 4.78 is 84.6. The van der Waals surface area contributed by atoms with Crippen molar-refractivity contribution in [2.75, 3.05) is 52.9 Å². The van der Waals surface area contributed by atoms with Gasteiger partial charge in [-0.05, 0) is 44.9 Å². The van der Waals surface area contributed by atoms with E-state index in [0.717, 1.165) is 85.0 Å². The standard InChI is InChI=1S/C93H164N4O41/c1-6-8-10-12-14-16-18-20-21-22-23-24-25-26-27-29-31-33-35-37-39-41-64(111)97-54(55(108)40-38-36-34-32-30-28-19-17-15-13-11-9-7-2)50-125-88-76(120)73(117)80(61(47-102)129-88)133-90-77(121)74(118)79(62(48-103)130-90)132-86-66(95-52(4)106)83(71(115)59(45-100)126-86)136-91-78(122)85(138-93(92(123)124)42-56(109)65(94-51(3)105)84(137-93)68(112)57(110)43-98)81(63(49-104)131-91)134-87-67(96-53(5)107)82(70(114)60(46-101)127-87)135-89-75(119)72(116)69(113)58(44-99)128-89/h20-21,38,40,54-63,65-91,98-104,108-110,112-122H,6-19,22-37,39,41-50H2,1-5H3,(H,94,105)(H,95,106)(H,96,107)(H,97,111)(H,123,124)/b21-20-,40-38+/t54-,55+,56?,57+,58?,59?,60?,61?,62?,63?,65+,66?,67?,68+,69-,70-,71-,72-,73+,74+,75?,76?,77?,78?,79-,80+,81-,82+,83+,84?,85+,86-,87-,88+,89-,90-,91-,93-/m0/s1. The van der Waals surface area contributed by atoms with Crippen LogP contribution in [-0.4, -0.2) is 427 Å². The van der Waals surface area contributed by atoms with Gasteiger partial charge in [-0.15, -0.1) is 0 Å². The van der Waals surface area contributed by atoms with E-state index in [2.05, 4.69) is 47.3 Å². The van der Waals surface area contributed by atoms with Gasteiger partial charge in [-0.2, -0.15) is 0 Å². The first-order valence-corrected chi connectivity index (χ1v) is 49.8. The Hall–Kier alpha value is -4.57. The number of rotatable bonds is 64. The third-order valence-electron chi connectivity index (χ3n) is 26.4. The zero-order valence-corrected chi connectivity index (χ0v) is 80.3. The summed E-state index contributed by atoms with van der Waals surface area (Å²) >= 11 is 0. The van der Waals surface area contributed by atoms with E-state index in [1.54, 1.807) is 6.08 Å². The van der Waals surface area contributed by atoms with Gasteiger partial charge in [0.15, 0.2) is 37.7 Å². The second kappa shape index (κ2) is 63.1. The van der Waals surface area contributed by atoms with Crippen LogP contribution < -0.4 is 21.3 Å². The number of aliphatic carboxylic acids is 1. The van der Waals surface area contributed by atoms with E-state index in [4.69, 9.17) is 66.3 Å². The number of carbonyl (C=O) groups excluding carboxylic acids is 4. The molecule has 0 aromatic rings. The molecule has 14 unspecified atom stereocenters. The molecule has 4 amide bonds. The highest BCUT2D eigenvalue weighted by Crippen LogP contribution is 2.43. The van der Waals surface area contributed by atoms with Gasteiger partial charge in [0.05, 0.1) is 77.1 Å². The first-order chi connectivity index (χ1) is 66.1. The lowest BCUT2D eigenvalue weighted by Gasteiger charge is -2.53. The summed E-state index contributed by atoms with van der Waals surface area (Å²) in [6.07, 6.45) is -28.4. The van der Waals surface area contributed by atoms with Crippen LogP contribution in [0.25, 0.3) is 0 Å². The predicted octanol–water partition coefficient (Wildman–Crippen LogP) is -3.13. The number of unbranched alkanes of at least 4 members (excludes halogenated alkanes) is 28. The maximum Gasteiger partial charge on any atom is 0.364 e. The van der Waals surface area contributed by atoms with Crippen LogP contribution in [0.4, 0.5) is 0 Å². The van der Waals surface area contributed by atoms with Crippen LogP contribution in [0.2, 0.25) is 0 Å². The largest absolute Gasteiger partial charge is 0.477 e. The molecule has 45 heteroatoms. The molecule has 0 aromatic heterocycles. The van der Waals surface area contributed by atoms with Crippen molar-refractivity contribution in [3.63, 3.8) is 0 Å². The van der Waals surface area contributed by atoms with Crippen LogP contribution in [0.15, 0.2) is 24.3 Å². The fourth-order valence-electron chi connectivity index (χ4n) is 18.5. The molecule has 0 radical (unpaired) electrons. The van der Waals surface area contributed by atoms with Crippen LogP contribution in [-0.2, 0) is 90.3 Å². The lowest BCUT2D eigenvalue weighted by Crippen LogP contribution is -2.73. The normalized spacial score (nSPS) is 36.3. The molecule has 38 atom stereocenters. The first kappa shape index (κ1) is 120. The molecule has 0 saturated carbocycles. The topological polar surface area (TPSA) is 708 Å². The van der Waals surface area contributed by atoms with Gasteiger partial charge in [-0.3, -0.25) is 19.2 Å². The highest BCUT2D eigenvalue weighted by atomic mass is 16.8. The molecule has 802 valence electrons. The number of carbonyl (C=O) groups is 5. The zero-order chi connectivity index (χ0) is 101. The average Bonchev–Trinajstić information content (AvgIpc) is 0.743. The number of hydrogen-bond acceptors (Lipinski definition) is 40. The minimum atomic E-state index is -3.51. The maximum absolute atomic E-state index is 14.0. The second-order valence-corrected chi connectivity index (χ2v) is 37.4. The Morgan fingerprint density at radius 2 is 0.725 bits per heavy atom. The molecule has 7 saturated heterocycles. The lowest BCUT2D eigenvalue weighted by atomic mass is 9.88. The van der Waals surface area contributed by atoms with Crippen molar-refractivity contribution in [2.24, 2.45) is 0 Å². The molecule has 0 aromatic carbocycles. The van der Waals surface area contributed by atoms with Crippen molar-refractivity contribution in [3.8, 4) is 0 Å². The van der Waals surface area contributed by atoms with Crippen LogP contribution in [0.1, 0.15) is 247 Å². The maximum atomic E-state index is 14.0. The van der Waals surface area contributed by atoms with Gasteiger partial charge in [-0.25, -0.2) is 4.79 Å². The van der Waals surface area contributed by atoms with Crippen LogP contribution in [0.5, 0.6) is 0 Å². The van der Waals surface area contributed by atoms with Crippen LogP contribution >= 0.6 is 0 Å². The Morgan fingerprint density at radius 1 is 0.377 bits per heavy atom. The third kappa shape index (κ3) is 35.9. The van der Waals surface area contributed by atoms with Crippen molar-refractivity contribution in [1.29, 1.82) is 0 Å². The summed E-state index contributed by atoms with van der Waals surface area (Å²) in [7, 11) is 0. The van der Waals surface area contributed by atoms with Gasteiger partial charge in [0.25, 0.3) is 5.79 Å². The number of ether oxygens (including phenoxy) is 14. The first-order valence-electron chi connectivity index (χ1n) is 49.8. The highest BCUT2D eigenvalue weighted by Gasteiger charge is 2.64. The molecule has 45 nitrogen and oxygen atoms in total. The Kier molecular flexibility index (Phi) is 55.0. The fourth-order valence-corrected chi connectivity index (χ4v) is 18.5. The van der Waals surface area contributed by atoms with E-state index in [9.17, 15) is 136 Å². The van der Waals surface area contributed by atoms with Crippen LogP contribution in [0, 0.1) is 0 Å². The molecular formula is C93H164N4O41. The number of nitrogens with one attached hydrogen (secondary N) is 4. The van der Waals surface area contributed by atoms with Gasteiger partial charge in [0.2, 0.25) is 23.6 Å². The summed E-state index contributed by atoms with van der Waals surface area (Å²) in [6, 6.07) is -7.03. The van der Waals surface area contributed by atoms with Crippen molar-refractivity contribution < 1.29 is 203 Å². The monoisotopic (exact) mass is 1990 g/mol. The van der Waals surface area contributed by atoms with Gasteiger partial charge in [-0.1, -0.05) is 192 Å². The summed E-state index contributed by atoms with van der Waals surface area (Å²) in [5.74, 6) is -9.06. The molecule has 138 heavy (non-hydrogen) atoms. The van der Waals surface area contributed by atoms with Crippen LogP contribution in [0.3, 0.4) is 0 Å². The second-order valence-electron chi connectivity index (χ2n) is 37.4. The average molecular weight is 1990 g/mol. The number of carboxylic acids is 1. The minimum absolute atomic E-state index is 0.138. The minimum Gasteiger partial charge on any atom is -0.477 e. The number of aliphatic hydroxyl groups is 21.